The van der Waals surface area contributed by atoms with Gasteiger partial charge in [-0.1, -0.05) is 0 Å². The van der Waals surface area contributed by atoms with E-state index >= 15 is 0 Å². The molecule has 2 heterocycles. The summed E-state index contributed by atoms with van der Waals surface area (Å²) in [6, 6.07) is 3.54. The fourth-order valence-corrected chi connectivity index (χ4v) is 4.66. The highest BCUT2D eigenvalue weighted by atomic mass is 32.2. The molecular formula is C12H17N3O2S3. The summed E-state index contributed by atoms with van der Waals surface area (Å²) in [5.74, 6) is 0. The van der Waals surface area contributed by atoms with Gasteiger partial charge in [0.05, 0.1) is 11.2 Å². The van der Waals surface area contributed by atoms with Gasteiger partial charge >= 0.3 is 0 Å². The summed E-state index contributed by atoms with van der Waals surface area (Å²) in [5.41, 5.74) is 2.66. The van der Waals surface area contributed by atoms with Crippen molar-refractivity contribution in [1.29, 1.82) is 0 Å². The minimum absolute atomic E-state index is 0.371. The van der Waals surface area contributed by atoms with E-state index in [1.807, 2.05) is 18.5 Å². The third-order valence-corrected chi connectivity index (χ3v) is 6.41. The molecule has 0 saturated carbocycles. The highest BCUT2D eigenvalue weighted by Gasteiger charge is 2.16. The zero-order valence-electron chi connectivity index (χ0n) is 11.1. The van der Waals surface area contributed by atoms with Crippen LogP contribution in [-0.2, 0) is 22.9 Å². The number of hydrogen-bond acceptors (Lipinski definition) is 6. The van der Waals surface area contributed by atoms with Gasteiger partial charge in [0.2, 0.25) is 10.0 Å². The van der Waals surface area contributed by atoms with Crippen LogP contribution < -0.4 is 10.0 Å². The van der Waals surface area contributed by atoms with Gasteiger partial charge in [-0.05, 0) is 32.1 Å². The molecule has 8 heteroatoms. The molecule has 0 unspecified atom stereocenters. The number of sulfonamides is 1. The molecule has 110 valence electrons. The van der Waals surface area contributed by atoms with Gasteiger partial charge in [-0.25, -0.2) is 18.1 Å². The first-order chi connectivity index (χ1) is 9.62. The van der Waals surface area contributed by atoms with Crippen molar-refractivity contribution >= 4 is 32.7 Å². The van der Waals surface area contributed by atoms with Crippen molar-refractivity contribution in [3.8, 4) is 0 Å². The zero-order chi connectivity index (χ0) is 14.4. The average Bonchev–Trinajstić information content (AvgIpc) is 3.07. The van der Waals surface area contributed by atoms with Crippen molar-refractivity contribution in [1.82, 2.24) is 15.0 Å². The Morgan fingerprint density at radius 3 is 2.80 bits per heavy atom. The molecule has 0 bridgehead atoms. The van der Waals surface area contributed by atoms with E-state index in [4.69, 9.17) is 0 Å². The predicted molar refractivity (Wildman–Crippen MR) is 83.0 cm³/mol. The molecule has 0 atom stereocenters. The topological polar surface area (TPSA) is 71.1 Å². The monoisotopic (exact) mass is 331 g/mol. The standard InChI is InChI=1S/C12H17N3O2S3/c1-13-6-5-11-2-3-12(19-11)20(16,17)15-7-4-10-8-18-9-14-10/h2-3,8-9,13,15H,4-7H2,1H3. The van der Waals surface area contributed by atoms with Crippen molar-refractivity contribution < 1.29 is 8.42 Å². The van der Waals surface area contributed by atoms with Gasteiger partial charge in [-0.3, -0.25) is 0 Å². The van der Waals surface area contributed by atoms with Crippen LogP contribution in [0.3, 0.4) is 0 Å². The Kier molecular flexibility index (Phi) is 5.67. The largest absolute Gasteiger partial charge is 0.319 e. The van der Waals surface area contributed by atoms with Crippen LogP contribution in [0.5, 0.6) is 0 Å². The van der Waals surface area contributed by atoms with Gasteiger partial charge in [-0.2, -0.15) is 0 Å². The summed E-state index contributed by atoms with van der Waals surface area (Å²) in [4.78, 5) is 5.19. The molecule has 0 aromatic carbocycles. The minimum atomic E-state index is -3.39. The van der Waals surface area contributed by atoms with Gasteiger partial charge in [0.1, 0.15) is 4.21 Å². The van der Waals surface area contributed by atoms with E-state index in [1.165, 1.54) is 22.7 Å². The Balaban J connectivity index is 1.90. The van der Waals surface area contributed by atoms with Gasteiger partial charge < -0.3 is 5.32 Å². The fraction of sp³-hybridized carbons (Fsp3) is 0.417. The molecule has 0 saturated heterocycles. The number of thiophene rings is 1. The van der Waals surface area contributed by atoms with Gasteiger partial charge in [0, 0.05) is 23.2 Å². The number of rotatable bonds is 8. The van der Waals surface area contributed by atoms with Gasteiger partial charge in [-0.15, -0.1) is 22.7 Å². The molecule has 0 aliphatic rings. The quantitative estimate of drug-likeness (QED) is 0.769. The molecule has 5 nitrogen and oxygen atoms in total. The lowest BCUT2D eigenvalue weighted by Gasteiger charge is -2.03. The molecule has 2 rings (SSSR count). The average molecular weight is 331 g/mol. The van der Waals surface area contributed by atoms with E-state index in [1.54, 1.807) is 11.6 Å². The molecule has 0 amide bonds. The Morgan fingerprint density at radius 2 is 2.10 bits per heavy atom. The molecule has 2 aromatic rings. The highest BCUT2D eigenvalue weighted by molar-refractivity contribution is 7.91. The SMILES string of the molecule is CNCCc1ccc(S(=O)(=O)NCCc2cscn2)s1. The second-order valence-corrected chi connectivity index (χ2v) is 8.08. The van der Waals surface area contributed by atoms with E-state index in [0.717, 1.165) is 23.5 Å². The van der Waals surface area contributed by atoms with Gasteiger partial charge in [0.15, 0.2) is 0 Å². The van der Waals surface area contributed by atoms with Crippen LogP contribution >= 0.6 is 22.7 Å². The molecule has 0 fully saturated rings. The molecule has 2 aromatic heterocycles. The lowest BCUT2D eigenvalue weighted by Crippen LogP contribution is -2.25. The van der Waals surface area contributed by atoms with Crippen LogP contribution in [0.1, 0.15) is 10.6 Å². The second-order valence-electron chi connectivity index (χ2n) is 4.20. The summed E-state index contributed by atoms with van der Waals surface area (Å²) < 4.78 is 27.2. The maximum absolute atomic E-state index is 12.1. The van der Waals surface area contributed by atoms with Crippen LogP contribution in [0.4, 0.5) is 0 Å². The predicted octanol–water partition coefficient (Wildman–Crippen LogP) is 1.49. The molecular weight excluding hydrogens is 314 g/mol. The second kappa shape index (κ2) is 7.28. The first kappa shape index (κ1) is 15.6. The molecule has 20 heavy (non-hydrogen) atoms. The van der Waals surface area contributed by atoms with Crippen molar-refractivity contribution in [2.45, 2.75) is 17.1 Å². The molecule has 0 aliphatic carbocycles. The van der Waals surface area contributed by atoms with E-state index in [0.29, 0.717) is 17.2 Å². The zero-order valence-corrected chi connectivity index (χ0v) is 13.6. The summed E-state index contributed by atoms with van der Waals surface area (Å²) in [5, 5.41) is 4.98. The van der Waals surface area contributed by atoms with Crippen molar-refractivity contribution in [3.63, 3.8) is 0 Å². The number of hydrogen-bond donors (Lipinski definition) is 2. The van der Waals surface area contributed by atoms with Crippen molar-refractivity contribution in [3.05, 3.63) is 33.6 Å². The maximum atomic E-state index is 12.1. The van der Waals surface area contributed by atoms with Crippen LogP contribution in [0.25, 0.3) is 0 Å². The summed E-state index contributed by atoms with van der Waals surface area (Å²) in [6.07, 6.45) is 1.45. The van der Waals surface area contributed by atoms with E-state index < -0.39 is 10.0 Å². The third kappa shape index (κ3) is 4.35. The number of thiazole rings is 1. The highest BCUT2D eigenvalue weighted by Crippen LogP contribution is 2.21. The van der Waals surface area contributed by atoms with Crippen LogP contribution in [0.15, 0.2) is 27.2 Å². The Hall–Kier alpha value is -0.800. The molecule has 2 N–H and O–H groups in total. The fourth-order valence-electron chi connectivity index (χ4n) is 1.63. The summed E-state index contributed by atoms with van der Waals surface area (Å²) >= 11 is 2.84. The van der Waals surface area contributed by atoms with Gasteiger partial charge in [0.25, 0.3) is 0 Å². The lowest BCUT2D eigenvalue weighted by molar-refractivity contribution is 0.583. The van der Waals surface area contributed by atoms with Crippen molar-refractivity contribution in [2.24, 2.45) is 0 Å². The van der Waals surface area contributed by atoms with Crippen LogP contribution in [0, 0.1) is 0 Å². The number of nitrogens with one attached hydrogen (secondary N) is 2. The number of aromatic nitrogens is 1. The summed E-state index contributed by atoms with van der Waals surface area (Å²) in [6.45, 7) is 1.22. The van der Waals surface area contributed by atoms with E-state index in [-0.39, 0.29) is 0 Å². The Bertz CT molecular complexity index is 620. The van der Waals surface area contributed by atoms with Crippen LogP contribution in [-0.4, -0.2) is 33.5 Å². The van der Waals surface area contributed by atoms with Crippen LogP contribution in [0.2, 0.25) is 0 Å². The molecule has 0 radical (unpaired) electrons. The lowest BCUT2D eigenvalue weighted by atomic mass is 10.3. The molecule has 0 aliphatic heterocycles. The summed E-state index contributed by atoms with van der Waals surface area (Å²) in [7, 11) is -1.51. The van der Waals surface area contributed by atoms with E-state index in [9.17, 15) is 8.42 Å². The first-order valence-electron chi connectivity index (χ1n) is 6.22. The smallest absolute Gasteiger partial charge is 0.250 e. The van der Waals surface area contributed by atoms with E-state index in [2.05, 4.69) is 15.0 Å². The third-order valence-electron chi connectivity index (χ3n) is 2.68. The Morgan fingerprint density at radius 1 is 1.25 bits per heavy atom. The normalized spacial score (nSPS) is 11.8. The first-order valence-corrected chi connectivity index (χ1v) is 9.46. The number of likely N-dealkylation sites (N-methyl/N-ethyl adjacent to an activating group) is 1. The minimum Gasteiger partial charge on any atom is -0.319 e. The van der Waals surface area contributed by atoms with Crippen molar-refractivity contribution in [2.75, 3.05) is 20.1 Å². The molecule has 0 spiro atoms. The number of nitrogens with zero attached hydrogens (tertiary/aromatic N) is 1. The maximum Gasteiger partial charge on any atom is 0.250 e. The Labute approximate surface area is 127 Å².